The minimum absolute atomic E-state index is 0.0936. The molecule has 0 radical (unpaired) electrons. The molecule has 3 rings (SSSR count). The molecule has 0 fully saturated rings. The Bertz CT molecular complexity index is 1080. The first-order chi connectivity index (χ1) is 19.6. The molecule has 3 heteroatoms. The Hall–Kier alpha value is -2.91. The highest BCUT2D eigenvalue weighted by Crippen LogP contribution is 2.26. The molecule has 0 aliphatic carbocycles. The first-order valence-electron chi connectivity index (χ1n) is 15.7. The van der Waals surface area contributed by atoms with Crippen LogP contribution >= 0.6 is 0 Å². The molecule has 1 atom stereocenters. The fourth-order valence-electron chi connectivity index (χ4n) is 4.98. The van der Waals surface area contributed by atoms with Crippen LogP contribution in [-0.4, -0.2) is 12.6 Å². The van der Waals surface area contributed by atoms with Crippen molar-refractivity contribution in [3.05, 3.63) is 89.5 Å². The SMILES string of the molecule is CCCCCCCCOC(C)c1ccc(-c2ccc(OC(=O)c3ccc(CCCCCCCC)cc3)cc2)cc1. The van der Waals surface area contributed by atoms with E-state index in [0.29, 0.717) is 11.3 Å². The van der Waals surface area contributed by atoms with Gasteiger partial charge in [-0.1, -0.05) is 127 Å². The van der Waals surface area contributed by atoms with E-state index in [9.17, 15) is 4.79 Å². The van der Waals surface area contributed by atoms with Crippen LogP contribution < -0.4 is 4.74 Å². The van der Waals surface area contributed by atoms with Gasteiger partial charge in [0, 0.05) is 6.61 Å². The third-order valence-corrected chi connectivity index (χ3v) is 7.65. The van der Waals surface area contributed by atoms with E-state index in [1.165, 1.54) is 81.8 Å². The topological polar surface area (TPSA) is 35.5 Å². The van der Waals surface area contributed by atoms with Gasteiger partial charge in [0.25, 0.3) is 0 Å². The van der Waals surface area contributed by atoms with Crippen molar-refractivity contribution in [2.45, 2.75) is 110 Å². The van der Waals surface area contributed by atoms with Crippen LogP contribution in [-0.2, 0) is 11.2 Å². The largest absolute Gasteiger partial charge is 0.423 e. The van der Waals surface area contributed by atoms with Crippen LogP contribution in [0.15, 0.2) is 72.8 Å². The second-order valence-electron chi connectivity index (χ2n) is 11.0. The van der Waals surface area contributed by atoms with Gasteiger partial charge in [0.1, 0.15) is 5.75 Å². The van der Waals surface area contributed by atoms with E-state index in [-0.39, 0.29) is 12.1 Å². The maximum Gasteiger partial charge on any atom is 0.343 e. The number of carbonyl (C=O) groups excluding carboxylic acids is 1. The normalized spacial score (nSPS) is 11.9. The van der Waals surface area contributed by atoms with Crippen molar-refractivity contribution < 1.29 is 14.3 Å². The first-order valence-corrected chi connectivity index (χ1v) is 15.7. The first kappa shape index (κ1) is 31.6. The lowest BCUT2D eigenvalue weighted by Gasteiger charge is -2.14. The molecular weight excluding hydrogens is 492 g/mol. The lowest BCUT2D eigenvalue weighted by molar-refractivity contribution is 0.0627. The van der Waals surface area contributed by atoms with Crippen LogP contribution in [0, 0.1) is 0 Å². The van der Waals surface area contributed by atoms with Crippen LogP contribution in [0.2, 0.25) is 0 Å². The molecule has 3 aromatic rings. The van der Waals surface area contributed by atoms with E-state index in [4.69, 9.17) is 9.47 Å². The van der Waals surface area contributed by atoms with Gasteiger partial charge in [0.2, 0.25) is 0 Å². The number of aryl methyl sites for hydroxylation is 1. The molecule has 0 aliphatic rings. The zero-order valence-corrected chi connectivity index (χ0v) is 25.1. The van der Waals surface area contributed by atoms with E-state index in [1.807, 2.05) is 36.4 Å². The molecule has 3 nitrogen and oxygen atoms in total. The molecule has 1 unspecified atom stereocenters. The second kappa shape index (κ2) is 18.4. The quantitative estimate of drug-likeness (QED) is 0.0858. The molecule has 0 N–H and O–H groups in total. The summed E-state index contributed by atoms with van der Waals surface area (Å²) in [7, 11) is 0. The number of ether oxygens (including phenoxy) is 2. The van der Waals surface area contributed by atoms with E-state index in [2.05, 4.69) is 57.2 Å². The number of rotatable bonds is 19. The summed E-state index contributed by atoms with van der Waals surface area (Å²) in [5.74, 6) is 0.233. The van der Waals surface area contributed by atoms with Crippen molar-refractivity contribution >= 4 is 5.97 Å². The number of hydrogen-bond donors (Lipinski definition) is 0. The van der Waals surface area contributed by atoms with Gasteiger partial charge in [-0.05, 0) is 72.7 Å². The number of carbonyl (C=O) groups is 1. The Balaban J connectivity index is 1.42. The Kier molecular flexibility index (Phi) is 14.6. The molecule has 0 aromatic heterocycles. The van der Waals surface area contributed by atoms with E-state index < -0.39 is 0 Å². The predicted octanol–water partition coefficient (Wildman–Crippen LogP) is 10.9. The van der Waals surface area contributed by atoms with E-state index in [0.717, 1.165) is 30.6 Å². The Morgan fingerprint density at radius 2 is 1.15 bits per heavy atom. The summed E-state index contributed by atoms with van der Waals surface area (Å²) in [6, 6.07) is 24.1. The molecule has 0 amide bonds. The summed E-state index contributed by atoms with van der Waals surface area (Å²) in [6.07, 6.45) is 16.6. The highest BCUT2D eigenvalue weighted by Gasteiger charge is 2.10. The minimum atomic E-state index is -0.321. The van der Waals surface area contributed by atoms with E-state index >= 15 is 0 Å². The van der Waals surface area contributed by atoms with Crippen molar-refractivity contribution in [2.75, 3.05) is 6.61 Å². The summed E-state index contributed by atoms with van der Waals surface area (Å²) in [6.45, 7) is 7.44. The molecule has 40 heavy (non-hydrogen) atoms. The van der Waals surface area contributed by atoms with Crippen molar-refractivity contribution in [1.29, 1.82) is 0 Å². The van der Waals surface area contributed by atoms with Crippen LogP contribution in [0.25, 0.3) is 11.1 Å². The minimum Gasteiger partial charge on any atom is -0.423 e. The van der Waals surface area contributed by atoms with Gasteiger partial charge in [0.15, 0.2) is 0 Å². The number of esters is 1. The zero-order chi connectivity index (χ0) is 28.4. The maximum atomic E-state index is 12.7. The monoisotopic (exact) mass is 542 g/mol. The molecule has 0 heterocycles. The Labute approximate surface area is 243 Å². The molecule has 0 saturated carbocycles. The third-order valence-electron chi connectivity index (χ3n) is 7.65. The van der Waals surface area contributed by atoms with Crippen LogP contribution in [0.5, 0.6) is 5.75 Å². The van der Waals surface area contributed by atoms with Gasteiger partial charge in [-0.3, -0.25) is 0 Å². The summed E-state index contributed by atoms with van der Waals surface area (Å²) in [5, 5.41) is 0. The molecule has 0 saturated heterocycles. The summed E-state index contributed by atoms with van der Waals surface area (Å²) in [4.78, 5) is 12.7. The van der Waals surface area contributed by atoms with Crippen LogP contribution in [0.4, 0.5) is 0 Å². The number of hydrogen-bond acceptors (Lipinski definition) is 3. The number of benzene rings is 3. The van der Waals surface area contributed by atoms with Gasteiger partial charge in [-0.25, -0.2) is 4.79 Å². The van der Waals surface area contributed by atoms with Gasteiger partial charge in [-0.15, -0.1) is 0 Å². The van der Waals surface area contributed by atoms with Gasteiger partial charge in [0.05, 0.1) is 11.7 Å². The molecule has 0 aliphatic heterocycles. The lowest BCUT2D eigenvalue weighted by atomic mass is 10.0. The molecule has 0 bridgehead atoms. The average Bonchev–Trinajstić information content (AvgIpc) is 2.99. The Morgan fingerprint density at radius 3 is 1.75 bits per heavy atom. The highest BCUT2D eigenvalue weighted by atomic mass is 16.5. The predicted molar refractivity (Wildman–Crippen MR) is 168 cm³/mol. The van der Waals surface area contributed by atoms with Gasteiger partial charge < -0.3 is 9.47 Å². The zero-order valence-electron chi connectivity index (χ0n) is 25.1. The fraction of sp³-hybridized carbons (Fsp3) is 0.486. The summed E-state index contributed by atoms with van der Waals surface area (Å²) in [5.41, 5.74) is 5.27. The summed E-state index contributed by atoms with van der Waals surface area (Å²) >= 11 is 0. The molecule has 3 aromatic carbocycles. The van der Waals surface area contributed by atoms with Gasteiger partial charge >= 0.3 is 5.97 Å². The average molecular weight is 543 g/mol. The standard InChI is InChI=1S/C37H50O3/c1-4-6-8-10-12-14-16-31-17-19-35(20-18-31)37(38)40-36-27-25-34(26-28-36)33-23-21-32(22-24-33)30(3)39-29-15-13-11-9-7-5-2/h17-28,30H,4-16,29H2,1-3H3. The smallest absolute Gasteiger partial charge is 0.343 e. The highest BCUT2D eigenvalue weighted by molar-refractivity contribution is 5.91. The molecule has 0 spiro atoms. The van der Waals surface area contributed by atoms with Crippen molar-refractivity contribution in [1.82, 2.24) is 0 Å². The van der Waals surface area contributed by atoms with Crippen LogP contribution in [0.3, 0.4) is 0 Å². The van der Waals surface area contributed by atoms with Gasteiger partial charge in [-0.2, -0.15) is 0 Å². The maximum absolute atomic E-state index is 12.7. The van der Waals surface area contributed by atoms with Crippen molar-refractivity contribution in [3.63, 3.8) is 0 Å². The van der Waals surface area contributed by atoms with Crippen LogP contribution in [0.1, 0.15) is 125 Å². The fourth-order valence-corrected chi connectivity index (χ4v) is 4.98. The second-order valence-corrected chi connectivity index (χ2v) is 11.0. The van der Waals surface area contributed by atoms with Crippen molar-refractivity contribution in [3.8, 4) is 16.9 Å². The van der Waals surface area contributed by atoms with E-state index in [1.54, 1.807) is 0 Å². The molecular formula is C37H50O3. The molecule has 216 valence electrons. The number of unbranched alkanes of at least 4 members (excludes halogenated alkanes) is 10. The lowest BCUT2D eigenvalue weighted by Crippen LogP contribution is -2.08. The Morgan fingerprint density at radius 1 is 0.625 bits per heavy atom. The summed E-state index contributed by atoms with van der Waals surface area (Å²) < 4.78 is 11.7. The van der Waals surface area contributed by atoms with Crippen molar-refractivity contribution in [2.24, 2.45) is 0 Å². The third kappa shape index (κ3) is 11.3.